The van der Waals surface area contributed by atoms with E-state index in [4.69, 9.17) is 19.5 Å². The number of hydrogen-bond donors (Lipinski definition) is 1. The summed E-state index contributed by atoms with van der Waals surface area (Å²) in [7, 11) is 3.23. The predicted octanol–water partition coefficient (Wildman–Crippen LogP) is 4.54. The van der Waals surface area contributed by atoms with Crippen molar-refractivity contribution in [2.45, 2.75) is 32.1 Å². The zero-order valence-electron chi connectivity index (χ0n) is 16.9. The van der Waals surface area contributed by atoms with Crippen LogP contribution in [-0.4, -0.2) is 31.7 Å². The van der Waals surface area contributed by atoms with Crippen LogP contribution in [0.3, 0.4) is 0 Å². The van der Waals surface area contributed by atoms with E-state index in [0.717, 1.165) is 41.9 Å². The molecule has 2 aliphatic rings. The third-order valence-corrected chi connectivity index (χ3v) is 5.30. The molecule has 1 atom stereocenters. The van der Waals surface area contributed by atoms with Gasteiger partial charge < -0.3 is 14.8 Å². The molecule has 6 nitrogen and oxygen atoms in total. The first kappa shape index (κ1) is 19.2. The molecule has 0 aromatic heterocycles. The van der Waals surface area contributed by atoms with Gasteiger partial charge in [0.1, 0.15) is 5.84 Å². The van der Waals surface area contributed by atoms with Crippen LogP contribution in [0.1, 0.15) is 37.7 Å². The molecule has 1 fully saturated rings. The minimum atomic E-state index is -0.269. The van der Waals surface area contributed by atoms with Gasteiger partial charge >= 0.3 is 0 Å². The molecule has 1 N–H and O–H groups in total. The summed E-state index contributed by atoms with van der Waals surface area (Å²) in [5, 5.41) is 3.10. The highest BCUT2D eigenvalue weighted by Gasteiger charge is 2.34. The average molecular weight is 391 g/mol. The number of carbonyl (C=O) groups excluding carboxylic acids is 1. The lowest BCUT2D eigenvalue weighted by atomic mass is 9.90. The maximum Gasteiger partial charge on any atom is 0.228 e. The summed E-state index contributed by atoms with van der Waals surface area (Å²) in [6, 6.07) is 13.5. The Balaban J connectivity index is 1.84. The van der Waals surface area contributed by atoms with E-state index in [0.29, 0.717) is 17.3 Å². The second-order valence-corrected chi connectivity index (χ2v) is 7.25. The van der Waals surface area contributed by atoms with Crippen molar-refractivity contribution in [3.05, 3.63) is 48.0 Å². The van der Waals surface area contributed by atoms with E-state index >= 15 is 0 Å². The van der Waals surface area contributed by atoms with Crippen LogP contribution in [0.4, 0.5) is 11.4 Å². The number of methoxy groups -OCH3 is 2. The molecule has 1 saturated carbocycles. The van der Waals surface area contributed by atoms with Gasteiger partial charge in [-0.05, 0) is 49.1 Å². The lowest BCUT2D eigenvalue weighted by Gasteiger charge is -2.22. The first-order valence-electron chi connectivity index (χ1n) is 9.92. The predicted molar refractivity (Wildman–Crippen MR) is 114 cm³/mol. The normalized spacial score (nSPS) is 18.1. The summed E-state index contributed by atoms with van der Waals surface area (Å²) in [4.78, 5) is 22.4. The van der Waals surface area contributed by atoms with Gasteiger partial charge in [-0.25, -0.2) is 4.99 Å². The number of hydrogen-bond acceptors (Lipinski definition) is 5. The number of amides is 1. The number of benzene rings is 2. The summed E-state index contributed by atoms with van der Waals surface area (Å²) >= 11 is 0. The van der Waals surface area contributed by atoms with Crippen molar-refractivity contribution in [3.63, 3.8) is 0 Å². The molecule has 0 radical (unpaired) electrons. The summed E-state index contributed by atoms with van der Waals surface area (Å²) in [6.07, 6.45) is 2.60. The number of para-hydroxylation sites is 2. The van der Waals surface area contributed by atoms with E-state index in [1.165, 1.54) is 0 Å². The zero-order chi connectivity index (χ0) is 20.4. The van der Waals surface area contributed by atoms with Crippen molar-refractivity contribution in [2.24, 2.45) is 15.9 Å². The molecule has 0 saturated heterocycles. The maximum atomic E-state index is 12.6. The fraction of sp³-hybridized carbons (Fsp3) is 0.348. The minimum Gasteiger partial charge on any atom is -0.493 e. The first-order valence-corrected chi connectivity index (χ1v) is 9.92. The van der Waals surface area contributed by atoms with Gasteiger partial charge in [-0.3, -0.25) is 9.79 Å². The molecule has 29 heavy (non-hydrogen) atoms. The fourth-order valence-electron chi connectivity index (χ4n) is 3.56. The summed E-state index contributed by atoms with van der Waals surface area (Å²) < 4.78 is 10.9. The number of ether oxygens (including phenoxy) is 2. The lowest BCUT2D eigenvalue weighted by Crippen LogP contribution is -2.38. The van der Waals surface area contributed by atoms with E-state index in [1.807, 2.05) is 42.5 Å². The average Bonchev–Trinajstić information content (AvgIpc) is 3.59. The molecule has 1 unspecified atom stereocenters. The zero-order valence-corrected chi connectivity index (χ0v) is 16.9. The molecular weight excluding hydrogens is 366 g/mol. The Hall–Kier alpha value is -3.15. The highest BCUT2D eigenvalue weighted by molar-refractivity contribution is 6.18. The molecule has 1 heterocycles. The highest BCUT2D eigenvalue weighted by Crippen LogP contribution is 2.38. The number of carbonyl (C=O) groups is 1. The van der Waals surface area contributed by atoms with E-state index in [9.17, 15) is 4.79 Å². The first-order chi connectivity index (χ1) is 14.1. The molecule has 2 aromatic rings. The van der Waals surface area contributed by atoms with Gasteiger partial charge in [0, 0.05) is 11.6 Å². The molecular formula is C23H25N3O3. The third kappa shape index (κ3) is 3.88. The van der Waals surface area contributed by atoms with Crippen LogP contribution in [0.25, 0.3) is 0 Å². The monoisotopic (exact) mass is 391 g/mol. The third-order valence-electron chi connectivity index (χ3n) is 5.30. The van der Waals surface area contributed by atoms with E-state index in [2.05, 4.69) is 12.2 Å². The lowest BCUT2D eigenvalue weighted by molar-refractivity contribution is -0.120. The molecule has 4 rings (SSSR count). The Morgan fingerprint density at radius 2 is 1.72 bits per heavy atom. The number of amidine groups is 1. The highest BCUT2D eigenvalue weighted by atomic mass is 16.5. The SMILES string of the molecule is CCC1=Nc2ccccc2N=C(NC(=O)C2CC2)C1c1ccc(OC)c(OC)c1. The van der Waals surface area contributed by atoms with Gasteiger partial charge in [0.15, 0.2) is 11.5 Å². The molecule has 2 aromatic carbocycles. The molecule has 150 valence electrons. The van der Waals surface area contributed by atoms with Gasteiger partial charge in [0.25, 0.3) is 0 Å². The molecule has 6 heteroatoms. The van der Waals surface area contributed by atoms with Crippen LogP contribution in [0, 0.1) is 5.92 Å². The molecule has 1 amide bonds. The second-order valence-electron chi connectivity index (χ2n) is 7.25. The standard InChI is InChI=1S/C23H25N3O3/c1-4-16-21(15-11-12-19(28-2)20(13-15)29-3)22(26-23(27)14-9-10-14)25-18-8-6-5-7-17(18)24-16/h5-8,11-14,21H,4,9-10H2,1-3H3,(H,25,26,27). The van der Waals surface area contributed by atoms with Gasteiger partial charge in [0.05, 0.1) is 31.5 Å². The topological polar surface area (TPSA) is 72.3 Å². The molecule has 0 spiro atoms. The van der Waals surface area contributed by atoms with Crippen molar-refractivity contribution in [2.75, 3.05) is 14.2 Å². The summed E-state index contributed by atoms with van der Waals surface area (Å²) in [6.45, 7) is 2.07. The van der Waals surface area contributed by atoms with Crippen molar-refractivity contribution >= 4 is 28.8 Å². The van der Waals surface area contributed by atoms with Crippen molar-refractivity contribution in [1.29, 1.82) is 0 Å². The van der Waals surface area contributed by atoms with E-state index < -0.39 is 0 Å². The van der Waals surface area contributed by atoms with Crippen LogP contribution < -0.4 is 14.8 Å². The van der Waals surface area contributed by atoms with Crippen molar-refractivity contribution in [1.82, 2.24) is 5.32 Å². The van der Waals surface area contributed by atoms with Crippen LogP contribution >= 0.6 is 0 Å². The Labute approximate surface area is 170 Å². The van der Waals surface area contributed by atoms with E-state index in [-0.39, 0.29) is 17.7 Å². The minimum absolute atomic E-state index is 0.0315. The second kappa shape index (κ2) is 8.07. The van der Waals surface area contributed by atoms with Crippen molar-refractivity contribution in [3.8, 4) is 11.5 Å². The number of fused-ring (bicyclic) bond motifs is 1. The fourth-order valence-corrected chi connectivity index (χ4v) is 3.56. The molecule has 1 aliphatic carbocycles. The van der Waals surface area contributed by atoms with Gasteiger partial charge in [-0.1, -0.05) is 25.1 Å². The Kier molecular flexibility index (Phi) is 5.34. The number of nitrogens with zero attached hydrogens (tertiary/aromatic N) is 2. The molecule has 0 bridgehead atoms. The Morgan fingerprint density at radius 3 is 2.34 bits per heavy atom. The Bertz CT molecular complexity index is 993. The van der Waals surface area contributed by atoms with Gasteiger partial charge in [-0.15, -0.1) is 0 Å². The van der Waals surface area contributed by atoms with Gasteiger partial charge in [0.2, 0.25) is 5.91 Å². The Morgan fingerprint density at radius 1 is 1.03 bits per heavy atom. The van der Waals surface area contributed by atoms with Crippen LogP contribution in [0.2, 0.25) is 0 Å². The number of nitrogens with one attached hydrogen (secondary N) is 1. The summed E-state index contributed by atoms with van der Waals surface area (Å²) in [5.74, 6) is 1.75. The van der Waals surface area contributed by atoms with Crippen molar-refractivity contribution < 1.29 is 14.3 Å². The quantitative estimate of drug-likeness (QED) is 0.813. The van der Waals surface area contributed by atoms with Crippen LogP contribution in [-0.2, 0) is 4.79 Å². The number of rotatable bonds is 5. The van der Waals surface area contributed by atoms with E-state index in [1.54, 1.807) is 14.2 Å². The van der Waals surface area contributed by atoms with Crippen LogP contribution in [0.15, 0.2) is 52.4 Å². The van der Waals surface area contributed by atoms with Crippen LogP contribution in [0.5, 0.6) is 11.5 Å². The number of aliphatic imine (C=N–C) groups is 2. The molecule has 1 aliphatic heterocycles. The largest absolute Gasteiger partial charge is 0.493 e. The summed E-state index contributed by atoms with van der Waals surface area (Å²) in [5.41, 5.74) is 3.46. The maximum absolute atomic E-state index is 12.6. The smallest absolute Gasteiger partial charge is 0.228 e. The van der Waals surface area contributed by atoms with Gasteiger partial charge in [-0.2, -0.15) is 0 Å².